The van der Waals surface area contributed by atoms with Crippen LogP contribution in [0, 0.1) is 0 Å². The Morgan fingerprint density at radius 1 is 0.900 bits per heavy atom. The first-order valence-electron chi connectivity index (χ1n) is 9.51. The number of hydrogen-bond donors (Lipinski definition) is 1. The van der Waals surface area contributed by atoms with Gasteiger partial charge in [0.1, 0.15) is 5.75 Å². The first kappa shape index (κ1) is 19.9. The van der Waals surface area contributed by atoms with Gasteiger partial charge in [-0.1, -0.05) is 36.4 Å². The van der Waals surface area contributed by atoms with Gasteiger partial charge in [0.05, 0.1) is 31.7 Å². The minimum absolute atomic E-state index is 0.187. The van der Waals surface area contributed by atoms with E-state index in [1.807, 2.05) is 48.5 Å². The van der Waals surface area contributed by atoms with Gasteiger partial charge in [0.25, 0.3) is 5.56 Å². The lowest BCUT2D eigenvalue weighted by atomic mass is 10.1. The summed E-state index contributed by atoms with van der Waals surface area (Å²) in [6.07, 6.45) is 0. The average Bonchev–Trinajstić information content (AvgIpc) is 3.13. The van der Waals surface area contributed by atoms with Crippen LogP contribution in [0.3, 0.4) is 0 Å². The van der Waals surface area contributed by atoms with E-state index in [1.54, 1.807) is 21.3 Å². The van der Waals surface area contributed by atoms with Gasteiger partial charge in [-0.05, 0) is 23.3 Å². The van der Waals surface area contributed by atoms with Gasteiger partial charge in [-0.25, -0.2) is 9.50 Å². The molecular formula is C23H23N3O4. The van der Waals surface area contributed by atoms with Crippen molar-refractivity contribution in [1.29, 1.82) is 0 Å². The van der Waals surface area contributed by atoms with Crippen molar-refractivity contribution in [2.24, 2.45) is 0 Å². The van der Waals surface area contributed by atoms with Crippen molar-refractivity contribution in [3.8, 4) is 28.1 Å². The van der Waals surface area contributed by atoms with E-state index in [-0.39, 0.29) is 5.56 Å². The molecule has 0 bridgehead atoms. The third-order valence-corrected chi connectivity index (χ3v) is 4.92. The number of fused-ring (bicyclic) bond motifs is 1. The summed E-state index contributed by atoms with van der Waals surface area (Å²) < 4.78 is 17.2. The molecule has 2 heterocycles. The van der Waals surface area contributed by atoms with Crippen molar-refractivity contribution in [2.45, 2.75) is 13.2 Å². The fourth-order valence-electron chi connectivity index (χ4n) is 3.48. The van der Waals surface area contributed by atoms with Crippen molar-refractivity contribution < 1.29 is 14.2 Å². The first-order chi connectivity index (χ1) is 14.6. The number of ether oxygens (including phenoxy) is 3. The van der Waals surface area contributed by atoms with Crippen LogP contribution in [0.5, 0.6) is 5.75 Å². The van der Waals surface area contributed by atoms with E-state index in [1.165, 1.54) is 10.6 Å². The van der Waals surface area contributed by atoms with Crippen molar-refractivity contribution in [1.82, 2.24) is 14.6 Å². The molecule has 0 saturated heterocycles. The van der Waals surface area contributed by atoms with E-state index in [9.17, 15) is 4.79 Å². The second kappa shape index (κ2) is 8.52. The van der Waals surface area contributed by atoms with Gasteiger partial charge in [-0.2, -0.15) is 0 Å². The highest BCUT2D eigenvalue weighted by molar-refractivity contribution is 5.81. The second-order valence-corrected chi connectivity index (χ2v) is 6.90. The molecule has 154 valence electrons. The summed E-state index contributed by atoms with van der Waals surface area (Å²) in [4.78, 5) is 17.7. The molecule has 4 aromatic rings. The maximum atomic E-state index is 12.9. The summed E-state index contributed by atoms with van der Waals surface area (Å²) >= 11 is 0. The summed E-state index contributed by atoms with van der Waals surface area (Å²) in [6, 6.07) is 17.0. The van der Waals surface area contributed by atoms with Crippen LogP contribution in [0.1, 0.15) is 11.3 Å². The molecule has 0 radical (unpaired) electrons. The minimum atomic E-state index is -0.187. The second-order valence-electron chi connectivity index (χ2n) is 6.90. The number of hydrogen-bond acceptors (Lipinski definition) is 5. The summed E-state index contributed by atoms with van der Waals surface area (Å²) in [6.45, 7) is 0.862. The number of H-pyrrole nitrogens is 1. The van der Waals surface area contributed by atoms with Crippen LogP contribution in [-0.4, -0.2) is 35.9 Å². The van der Waals surface area contributed by atoms with E-state index in [0.29, 0.717) is 24.6 Å². The minimum Gasteiger partial charge on any atom is -0.497 e. The third kappa shape index (κ3) is 3.72. The Bertz CT molecular complexity index is 1210. The third-order valence-electron chi connectivity index (χ3n) is 4.92. The summed E-state index contributed by atoms with van der Waals surface area (Å²) in [5, 5.41) is 3.13. The molecule has 7 heteroatoms. The molecule has 2 aromatic heterocycles. The summed E-state index contributed by atoms with van der Waals surface area (Å²) in [5.41, 5.74) is 5.42. The van der Waals surface area contributed by atoms with Crippen LogP contribution in [0.15, 0.2) is 59.4 Å². The van der Waals surface area contributed by atoms with Gasteiger partial charge in [0, 0.05) is 31.4 Å². The standard InChI is InChI=1S/C23H23N3O4/c1-28-13-15-4-6-16(7-5-15)19-12-21(27)26-23(24-19)22(20(25-26)14-29-2)17-8-10-18(30-3)11-9-17/h4-12,25H,13-14H2,1-3H3. The highest BCUT2D eigenvalue weighted by atomic mass is 16.5. The maximum absolute atomic E-state index is 12.9. The first-order valence-corrected chi connectivity index (χ1v) is 9.51. The fourth-order valence-corrected chi connectivity index (χ4v) is 3.48. The normalized spacial score (nSPS) is 11.2. The molecule has 0 saturated carbocycles. The predicted octanol–water partition coefficient (Wildman–Crippen LogP) is 3.66. The SMILES string of the molecule is COCc1ccc(-c2cc(=O)n3[nH]c(COC)c(-c4ccc(OC)cc4)c3n2)cc1. The largest absolute Gasteiger partial charge is 0.497 e. The van der Waals surface area contributed by atoms with Gasteiger partial charge < -0.3 is 14.2 Å². The van der Waals surface area contributed by atoms with Gasteiger partial charge in [-0.15, -0.1) is 0 Å². The molecule has 7 nitrogen and oxygen atoms in total. The lowest BCUT2D eigenvalue weighted by molar-refractivity contribution is 0.181. The molecule has 2 aromatic carbocycles. The molecule has 30 heavy (non-hydrogen) atoms. The maximum Gasteiger partial charge on any atom is 0.273 e. The molecule has 0 aliphatic rings. The average molecular weight is 405 g/mol. The van der Waals surface area contributed by atoms with Gasteiger partial charge in [0.2, 0.25) is 0 Å². The van der Waals surface area contributed by atoms with Crippen LogP contribution >= 0.6 is 0 Å². The number of aromatic nitrogens is 3. The van der Waals surface area contributed by atoms with Gasteiger partial charge >= 0.3 is 0 Å². The zero-order chi connectivity index (χ0) is 21.1. The molecular weight excluding hydrogens is 382 g/mol. The number of aromatic amines is 1. The van der Waals surface area contributed by atoms with Crippen LogP contribution < -0.4 is 10.3 Å². The van der Waals surface area contributed by atoms with Crippen molar-refractivity contribution in [3.63, 3.8) is 0 Å². The smallest absolute Gasteiger partial charge is 0.273 e. The van der Waals surface area contributed by atoms with E-state index in [4.69, 9.17) is 19.2 Å². The predicted molar refractivity (Wildman–Crippen MR) is 115 cm³/mol. The number of methoxy groups -OCH3 is 3. The zero-order valence-corrected chi connectivity index (χ0v) is 17.1. The number of rotatable bonds is 7. The zero-order valence-electron chi connectivity index (χ0n) is 17.1. The van der Waals surface area contributed by atoms with Crippen molar-refractivity contribution in [3.05, 3.63) is 76.2 Å². The fraction of sp³-hybridized carbons (Fsp3) is 0.217. The topological polar surface area (TPSA) is 77.9 Å². The lowest BCUT2D eigenvalue weighted by Gasteiger charge is -2.06. The summed E-state index contributed by atoms with van der Waals surface area (Å²) in [7, 11) is 4.91. The Morgan fingerprint density at radius 2 is 1.57 bits per heavy atom. The molecule has 0 aliphatic carbocycles. The van der Waals surface area contributed by atoms with Crippen molar-refractivity contribution >= 4 is 5.65 Å². The lowest BCUT2D eigenvalue weighted by Crippen LogP contribution is -2.14. The van der Waals surface area contributed by atoms with Crippen LogP contribution in [0.2, 0.25) is 0 Å². The van der Waals surface area contributed by atoms with E-state index in [0.717, 1.165) is 33.7 Å². The van der Waals surface area contributed by atoms with Crippen LogP contribution in [0.4, 0.5) is 0 Å². The van der Waals surface area contributed by atoms with Crippen molar-refractivity contribution in [2.75, 3.05) is 21.3 Å². The Morgan fingerprint density at radius 3 is 2.20 bits per heavy atom. The number of nitrogens with one attached hydrogen (secondary N) is 1. The Kier molecular flexibility index (Phi) is 5.65. The molecule has 0 spiro atoms. The summed E-state index contributed by atoms with van der Waals surface area (Å²) in [5.74, 6) is 0.758. The van der Waals surface area contributed by atoms with Crippen LogP contribution in [0.25, 0.3) is 28.0 Å². The van der Waals surface area contributed by atoms with E-state index in [2.05, 4.69) is 5.10 Å². The van der Waals surface area contributed by atoms with Gasteiger partial charge in [-0.3, -0.25) is 9.89 Å². The highest BCUT2D eigenvalue weighted by Gasteiger charge is 2.18. The highest BCUT2D eigenvalue weighted by Crippen LogP contribution is 2.30. The molecule has 4 rings (SSSR count). The molecule has 0 aliphatic heterocycles. The Labute approximate surface area is 173 Å². The van der Waals surface area contributed by atoms with Gasteiger partial charge in [0.15, 0.2) is 5.65 Å². The Hall–Kier alpha value is -3.42. The molecule has 0 unspecified atom stereocenters. The monoisotopic (exact) mass is 405 g/mol. The van der Waals surface area contributed by atoms with E-state index < -0.39 is 0 Å². The molecule has 0 atom stereocenters. The molecule has 0 fully saturated rings. The molecule has 1 N–H and O–H groups in total. The van der Waals surface area contributed by atoms with Crippen LogP contribution in [-0.2, 0) is 22.7 Å². The number of nitrogens with zero attached hydrogens (tertiary/aromatic N) is 2. The number of benzene rings is 2. The van der Waals surface area contributed by atoms with E-state index >= 15 is 0 Å². The quantitative estimate of drug-likeness (QED) is 0.508. The molecule has 0 amide bonds. The Balaban J connectivity index is 1.88.